The van der Waals surface area contributed by atoms with Gasteiger partial charge in [-0.15, -0.1) is 0 Å². The van der Waals surface area contributed by atoms with E-state index in [2.05, 4.69) is 20.3 Å². The normalized spacial score (nSPS) is 12.1. The maximum atomic E-state index is 12.1. The molecule has 3 N–H and O–H groups in total. The summed E-state index contributed by atoms with van der Waals surface area (Å²) < 4.78 is 33.0. The number of nitrogens with one attached hydrogen (secondary N) is 3. The molecule has 2 rings (SSSR count). The van der Waals surface area contributed by atoms with Gasteiger partial charge in [0.05, 0.1) is 6.42 Å². The molecule has 0 saturated heterocycles. The molecule has 0 saturated carbocycles. The van der Waals surface area contributed by atoms with Crippen LogP contribution < -0.4 is 15.4 Å². The molecule has 0 aliphatic heterocycles. The van der Waals surface area contributed by atoms with Crippen LogP contribution in [-0.2, 0) is 37.9 Å². The van der Waals surface area contributed by atoms with Gasteiger partial charge < -0.3 is 14.6 Å². The summed E-state index contributed by atoms with van der Waals surface area (Å²) in [5.74, 6) is -1.08. The molecular formula is C19H25N5O6S. The van der Waals surface area contributed by atoms with Crippen molar-refractivity contribution in [2.75, 3.05) is 6.54 Å². The molecule has 0 radical (unpaired) electrons. The molecule has 0 bridgehead atoms. The van der Waals surface area contributed by atoms with E-state index in [1.165, 1.54) is 13.1 Å². The van der Waals surface area contributed by atoms with E-state index in [1.807, 2.05) is 30.3 Å². The number of esters is 1. The first kappa shape index (κ1) is 24.0. The zero-order chi connectivity index (χ0) is 23.0. The molecule has 12 heteroatoms. The second-order valence-electron chi connectivity index (χ2n) is 6.67. The molecule has 3 amide bonds. The van der Waals surface area contributed by atoms with Gasteiger partial charge in [-0.2, -0.15) is 0 Å². The number of aromatic nitrogens is 2. The standard InChI is InChI=1S/C19H25N5O6S/c1-13(18(26)23-19(27)20-11-15-7-5-4-6-8-15)30-17(25)9-10-21-31(28,29)16-12-24(3)14(2)22-16/h4-8,12-13,21H,9-11H2,1-3H3,(H2,20,23,26,27). The van der Waals surface area contributed by atoms with Crippen molar-refractivity contribution < 1.29 is 27.5 Å². The number of rotatable bonds is 9. The Morgan fingerprint density at radius 2 is 1.87 bits per heavy atom. The molecule has 1 unspecified atom stereocenters. The zero-order valence-electron chi connectivity index (χ0n) is 17.4. The molecule has 1 atom stereocenters. The highest BCUT2D eigenvalue weighted by Gasteiger charge is 2.21. The first-order valence-electron chi connectivity index (χ1n) is 9.40. The minimum Gasteiger partial charge on any atom is -0.452 e. The highest BCUT2D eigenvalue weighted by atomic mass is 32.2. The van der Waals surface area contributed by atoms with Crippen molar-refractivity contribution in [3.05, 3.63) is 47.9 Å². The maximum Gasteiger partial charge on any atom is 0.321 e. The van der Waals surface area contributed by atoms with Gasteiger partial charge in [-0.3, -0.25) is 14.9 Å². The topological polar surface area (TPSA) is 148 Å². The van der Waals surface area contributed by atoms with Gasteiger partial charge >= 0.3 is 12.0 Å². The summed E-state index contributed by atoms with van der Waals surface area (Å²) >= 11 is 0. The fourth-order valence-corrected chi connectivity index (χ4v) is 3.43. The average molecular weight is 452 g/mol. The predicted octanol–water partition coefficient (Wildman–Crippen LogP) is 0.355. The van der Waals surface area contributed by atoms with E-state index in [1.54, 1.807) is 18.5 Å². The minimum atomic E-state index is -3.87. The Kier molecular flexibility index (Phi) is 8.28. The Morgan fingerprint density at radius 1 is 1.19 bits per heavy atom. The molecule has 2 aromatic rings. The summed E-state index contributed by atoms with van der Waals surface area (Å²) in [5.41, 5.74) is 0.855. The Labute approximate surface area is 180 Å². The fourth-order valence-electron chi connectivity index (χ4n) is 2.36. The van der Waals surface area contributed by atoms with E-state index in [-0.39, 0.29) is 24.5 Å². The van der Waals surface area contributed by atoms with Gasteiger partial charge in [0, 0.05) is 26.3 Å². The van der Waals surface area contributed by atoms with Crippen LogP contribution in [0.3, 0.4) is 0 Å². The number of amides is 3. The second kappa shape index (κ2) is 10.7. The maximum absolute atomic E-state index is 12.1. The van der Waals surface area contributed by atoms with E-state index in [0.717, 1.165) is 5.56 Å². The van der Waals surface area contributed by atoms with Gasteiger partial charge in [0.15, 0.2) is 11.1 Å². The number of ether oxygens (including phenoxy) is 1. The molecule has 0 aliphatic carbocycles. The molecule has 11 nitrogen and oxygen atoms in total. The number of imidazole rings is 1. The molecule has 1 aromatic carbocycles. The molecule has 1 aromatic heterocycles. The van der Waals surface area contributed by atoms with Crippen molar-refractivity contribution in [1.82, 2.24) is 24.9 Å². The van der Waals surface area contributed by atoms with Gasteiger partial charge in [0.1, 0.15) is 5.82 Å². The van der Waals surface area contributed by atoms with Crippen LogP contribution >= 0.6 is 0 Å². The largest absolute Gasteiger partial charge is 0.452 e. The van der Waals surface area contributed by atoms with E-state index in [0.29, 0.717) is 5.82 Å². The third-order valence-corrected chi connectivity index (χ3v) is 5.52. The Balaban J connectivity index is 1.72. The number of urea groups is 1. The van der Waals surface area contributed by atoms with Crippen LogP contribution in [0.2, 0.25) is 0 Å². The molecule has 0 spiro atoms. The van der Waals surface area contributed by atoms with E-state index < -0.39 is 34.0 Å². The quantitative estimate of drug-likeness (QED) is 0.466. The predicted molar refractivity (Wildman–Crippen MR) is 110 cm³/mol. The van der Waals surface area contributed by atoms with E-state index in [4.69, 9.17) is 4.74 Å². The number of benzene rings is 1. The summed E-state index contributed by atoms with van der Waals surface area (Å²) in [6.45, 7) is 2.95. The van der Waals surface area contributed by atoms with Crippen molar-refractivity contribution in [3.8, 4) is 0 Å². The highest BCUT2D eigenvalue weighted by Crippen LogP contribution is 2.07. The molecule has 0 aliphatic rings. The van der Waals surface area contributed by atoms with Crippen LogP contribution in [0.25, 0.3) is 0 Å². The fraction of sp³-hybridized carbons (Fsp3) is 0.368. The highest BCUT2D eigenvalue weighted by molar-refractivity contribution is 7.89. The lowest BCUT2D eigenvalue weighted by Crippen LogP contribution is -2.44. The summed E-state index contributed by atoms with van der Waals surface area (Å²) in [4.78, 5) is 39.6. The molecule has 0 fully saturated rings. The van der Waals surface area contributed by atoms with Gasteiger partial charge in [0.25, 0.3) is 15.9 Å². The average Bonchev–Trinajstić information content (AvgIpc) is 3.06. The lowest BCUT2D eigenvalue weighted by atomic mass is 10.2. The molecule has 168 valence electrons. The number of imide groups is 1. The summed E-state index contributed by atoms with van der Waals surface area (Å²) in [5, 5.41) is 4.43. The van der Waals surface area contributed by atoms with Gasteiger partial charge in [0.2, 0.25) is 0 Å². The summed E-state index contributed by atoms with van der Waals surface area (Å²) in [7, 11) is -2.21. The number of carbonyl (C=O) groups is 3. The van der Waals surface area contributed by atoms with Crippen LogP contribution in [0.1, 0.15) is 24.7 Å². The third-order valence-electron chi connectivity index (χ3n) is 4.19. The lowest BCUT2D eigenvalue weighted by Gasteiger charge is -2.13. The number of hydrogen-bond donors (Lipinski definition) is 3. The van der Waals surface area contributed by atoms with E-state index in [9.17, 15) is 22.8 Å². The number of aryl methyl sites for hydroxylation is 2. The first-order chi connectivity index (χ1) is 14.6. The third kappa shape index (κ3) is 7.50. The van der Waals surface area contributed by atoms with Crippen molar-refractivity contribution in [2.45, 2.75) is 37.9 Å². The smallest absolute Gasteiger partial charge is 0.321 e. The van der Waals surface area contributed by atoms with Crippen molar-refractivity contribution in [1.29, 1.82) is 0 Å². The Bertz CT molecular complexity index is 1020. The zero-order valence-corrected chi connectivity index (χ0v) is 18.2. The molecule has 31 heavy (non-hydrogen) atoms. The number of nitrogens with zero attached hydrogens (tertiary/aromatic N) is 2. The van der Waals surface area contributed by atoms with Crippen LogP contribution in [0.15, 0.2) is 41.6 Å². The Hall–Kier alpha value is -3.25. The summed E-state index contributed by atoms with van der Waals surface area (Å²) in [6, 6.07) is 8.38. The first-order valence-corrected chi connectivity index (χ1v) is 10.9. The van der Waals surface area contributed by atoms with Crippen molar-refractivity contribution in [2.24, 2.45) is 7.05 Å². The number of hydrogen-bond acceptors (Lipinski definition) is 7. The number of carbonyl (C=O) groups excluding carboxylic acids is 3. The summed E-state index contributed by atoms with van der Waals surface area (Å²) in [6.07, 6.45) is -0.182. The van der Waals surface area contributed by atoms with Crippen LogP contribution in [-0.4, -0.2) is 48.5 Å². The molecular weight excluding hydrogens is 426 g/mol. The van der Waals surface area contributed by atoms with Crippen LogP contribution in [0.4, 0.5) is 4.79 Å². The second-order valence-corrected chi connectivity index (χ2v) is 8.39. The van der Waals surface area contributed by atoms with E-state index >= 15 is 0 Å². The Morgan fingerprint density at radius 3 is 2.48 bits per heavy atom. The SMILES string of the molecule is Cc1nc(S(=O)(=O)NCCC(=O)OC(C)C(=O)NC(=O)NCc2ccccc2)cn1C. The van der Waals surface area contributed by atoms with Crippen LogP contribution in [0.5, 0.6) is 0 Å². The van der Waals surface area contributed by atoms with Crippen molar-refractivity contribution >= 4 is 27.9 Å². The van der Waals surface area contributed by atoms with Crippen LogP contribution in [0, 0.1) is 6.92 Å². The minimum absolute atomic E-state index is 0.157. The van der Waals surface area contributed by atoms with Gasteiger partial charge in [-0.1, -0.05) is 30.3 Å². The monoisotopic (exact) mass is 451 g/mol. The number of sulfonamides is 1. The van der Waals surface area contributed by atoms with Crippen molar-refractivity contribution in [3.63, 3.8) is 0 Å². The van der Waals surface area contributed by atoms with Gasteiger partial charge in [-0.05, 0) is 19.4 Å². The lowest BCUT2D eigenvalue weighted by molar-refractivity contribution is -0.154. The van der Waals surface area contributed by atoms with Gasteiger partial charge in [-0.25, -0.2) is 22.9 Å². The molecule has 1 heterocycles.